The van der Waals surface area contributed by atoms with Crippen LogP contribution in [0.2, 0.25) is 0 Å². The minimum Gasteiger partial charge on any atom is -0.507 e. The lowest BCUT2D eigenvalue weighted by atomic mass is 9.95. The Morgan fingerprint density at radius 2 is 1.70 bits per heavy atom. The number of ketones is 1. The zero-order valence-electron chi connectivity index (χ0n) is 24.9. The van der Waals surface area contributed by atoms with Gasteiger partial charge in [0.1, 0.15) is 11.5 Å². The third-order valence-electron chi connectivity index (χ3n) is 7.15. The number of aryl methyl sites for hydroxylation is 1. The van der Waals surface area contributed by atoms with Gasteiger partial charge >= 0.3 is 5.91 Å². The molecule has 1 atom stereocenters. The van der Waals surface area contributed by atoms with Crippen LogP contribution >= 0.6 is 23.1 Å². The van der Waals surface area contributed by atoms with E-state index in [9.17, 15) is 14.7 Å². The van der Waals surface area contributed by atoms with Gasteiger partial charge in [0.2, 0.25) is 5.13 Å². The van der Waals surface area contributed by atoms with Crippen molar-refractivity contribution in [2.75, 3.05) is 25.7 Å². The van der Waals surface area contributed by atoms with Crippen molar-refractivity contribution in [1.29, 1.82) is 0 Å². The fraction of sp³-hybridized carbons (Fsp3) is 0.273. The van der Waals surface area contributed by atoms with Gasteiger partial charge in [-0.25, -0.2) is 0 Å². The lowest BCUT2D eigenvalue weighted by Crippen LogP contribution is -2.29. The molecule has 5 rings (SSSR count). The van der Waals surface area contributed by atoms with Gasteiger partial charge in [-0.2, -0.15) is 0 Å². The highest BCUT2D eigenvalue weighted by molar-refractivity contribution is 8.00. The number of aromatic nitrogens is 2. The monoisotopic (exact) mass is 631 g/mol. The van der Waals surface area contributed by atoms with Crippen molar-refractivity contribution in [3.05, 3.63) is 94.6 Å². The number of benzene rings is 3. The summed E-state index contributed by atoms with van der Waals surface area (Å²) in [4.78, 5) is 28.5. The van der Waals surface area contributed by atoms with Crippen LogP contribution in [0.25, 0.3) is 5.76 Å². The number of nitrogens with zero attached hydrogens (tertiary/aromatic N) is 3. The molecule has 1 aromatic heterocycles. The number of rotatable bonds is 12. The van der Waals surface area contributed by atoms with E-state index in [1.165, 1.54) is 47.8 Å². The van der Waals surface area contributed by atoms with Crippen molar-refractivity contribution >= 4 is 45.7 Å². The molecule has 0 spiro atoms. The Morgan fingerprint density at radius 3 is 2.39 bits per heavy atom. The van der Waals surface area contributed by atoms with Gasteiger partial charge in [0, 0.05) is 11.3 Å². The van der Waals surface area contributed by atoms with Crippen LogP contribution in [0.3, 0.4) is 0 Å². The molecule has 44 heavy (non-hydrogen) atoms. The molecule has 1 aliphatic rings. The minimum atomic E-state index is -0.988. The molecule has 228 valence electrons. The molecule has 1 N–H and O–H groups in total. The first-order chi connectivity index (χ1) is 21.3. The maximum atomic E-state index is 13.6. The largest absolute Gasteiger partial charge is 0.507 e. The number of anilines is 1. The summed E-state index contributed by atoms with van der Waals surface area (Å²) in [6.07, 6.45) is 1.94. The highest BCUT2D eigenvalue weighted by atomic mass is 32.2. The number of ether oxygens (including phenoxy) is 3. The average Bonchev–Trinajstić information content (AvgIpc) is 3.62. The summed E-state index contributed by atoms with van der Waals surface area (Å²) in [7, 11) is 3.03. The van der Waals surface area contributed by atoms with E-state index in [1.54, 1.807) is 42.5 Å². The van der Waals surface area contributed by atoms with E-state index in [0.717, 1.165) is 18.4 Å². The van der Waals surface area contributed by atoms with Gasteiger partial charge in [0.05, 0.1) is 32.4 Å². The van der Waals surface area contributed by atoms with Crippen molar-refractivity contribution in [1.82, 2.24) is 10.2 Å². The summed E-state index contributed by atoms with van der Waals surface area (Å²) in [6.45, 7) is 4.70. The summed E-state index contributed by atoms with van der Waals surface area (Å²) in [5.74, 6) is 0.283. The molecule has 9 nitrogen and oxygen atoms in total. The quantitative estimate of drug-likeness (QED) is 0.0443. The predicted octanol–water partition coefficient (Wildman–Crippen LogP) is 6.96. The van der Waals surface area contributed by atoms with E-state index in [1.807, 2.05) is 6.92 Å². The Bertz CT molecular complexity index is 1670. The Labute approximate surface area is 264 Å². The lowest BCUT2D eigenvalue weighted by Gasteiger charge is -2.23. The number of unbranched alkanes of at least 4 members (excludes halogenated alkanes) is 1. The average molecular weight is 632 g/mol. The van der Waals surface area contributed by atoms with Crippen LogP contribution in [-0.2, 0) is 15.3 Å². The molecule has 1 saturated heterocycles. The second kappa shape index (κ2) is 14.0. The number of aliphatic hydroxyl groups excluding tert-OH is 1. The molecule has 3 aromatic carbocycles. The van der Waals surface area contributed by atoms with Crippen molar-refractivity contribution < 1.29 is 28.9 Å². The number of hydrogen-bond donors (Lipinski definition) is 1. The molecule has 0 aliphatic carbocycles. The van der Waals surface area contributed by atoms with Gasteiger partial charge in [-0.1, -0.05) is 72.3 Å². The summed E-state index contributed by atoms with van der Waals surface area (Å²) < 4.78 is 17.3. The molecule has 1 fully saturated rings. The molecule has 0 radical (unpaired) electrons. The minimum absolute atomic E-state index is 0.0640. The molecule has 1 amide bonds. The van der Waals surface area contributed by atoms with E-state index >= 15 is 0 Å². The third-order valence-corrected chi connectivity index (χ3v) is 9.27. The summed E-state index contributed by atoms with van der Waals surface area (Å²) in [6, 6.07) is 19.1. The van der Waals surface area contributed by atoms with E-state index in [0.29, 0.717) is 45.1 Å². The summed E-state index contributed by atoms with van der Waals surface area (Å²) in [5.41, 5.74) is 3.16. The standard InChI is InChI=1S/C33H33N3O6S2/c1-5-6-17-42-24-14-11-22(12-15-24)29(37)27-28(23-13-16-25(40-3)26(18-23)41-4)36(31(39)30(27)38)32-34-35-33(44-32)43-19-21-9-7-20(2)8-10-21/h7-16,18,28,37H,5-6,17,19H2,1-4H3/b29-27+. The fourth-order valence-corrected chi connectivity index (χ4v) is 6.58. The molecule has 0 saturated carbocycles. The Balaban J connectivity index is 1.53. The summed E-state index contributed by atoms with van der Waals surface area (Å²) in [5, 5.41) is 20.4. The number of aliphatic hydroxyl groups is 1. The van der Waals surface area contributed by atoms with Crippen LogP contribution in [0.1, 0.15) is 48.1 Å². The second-order valence-corrected chi connectivity index (χ2v) is 12.3. The molecule has 1 unspecified atom stereocenters. The summed E-state index contributed by atoms with van der Waals surface area (Å²) >= 11 is 2.71. The van der Waals surface area contributed by atoms with Gasteiger partial charge in [-0.05, 0) is 60.9 Å². The molecular formula is C33H33N3O6S2. The van der Waals surface area contributed by atoms with Gasteiger partial charge in [0.25, 0.3) is 5.78 Å². The molecule has 0 bridgehead atoms. The Kier molecular flexibility index (Phi) is 9.86. The maximum Gasteiger partial charge on any atom is 0.301 e. The van der Waals surface area contributed by atoms with E-state index < -0.39 is 17.7 Å². The van der Waals surface area contributed by atoms with Gasteiger partial charge < -0.3 is 19.3 Å². The molecule has 4 aromatic rings. The van der Waals surface area contributed by atoms with Crippen LogP contribution < -0.4 is 19.1 Å². The second-order valence-electron chi connectivity index (χ2n) is 10.1. The number of Topliss-reactive ketones (excluding diaryl/α,β-unsaturated/α-hetero) is 1. The topological polar surface area (TPSA) is 111 Å². The predicted molar refractivity (Wildman–Crippen MR) is 172 cm³/mol. The van der Waals surface area contributed by atoms with Gasteiger partial charge in [-0.15, -0.1) is 10.2 Å². The number of methoxy groups -OCH3 is 2. The normalized spacial score (nSPS) is 15.9. The van der Waals surface area contributed by atoms with Crippen molar-refractivity contribution in [2.24, 2.45) is 0 Å². The maximum absolute atomic E-state index is 13.6. The first-order valence-corrected chi connectivity index (χ1v) is 15.9. The number of amides is 1. The number of carbonyl (C=O) groups is 2. The number of carbonyl (C=O) groups excluding carboxylic acids is 2. The molecule has 11 heteroatoms. The van der Waals surface area contributed by atoms with Crippen molar-refractivity contribution in [2.45, 2.75) is 42.8 Å². The van der Waals surface area contributed by atoms with Crippen LogP contribution in [0.5, 0.6) is 17.2 Å². The van der Waals surface area contributed by atoms with Crippen LogP contribution in [0, 0.1) is 6.92 Å². The van der Waals surface area contributed by atoms with Crippen molar-refractivity contribution in [3.8, 4) is 17.2 Å². The molecule has 2 heterocycles. The van der Waals surface area contributed by atoms with Crippen molar-refractivity contribution in [3.63, 3.8) is 0 Å². The number of thioether (sulfide) groups is 1. The number of hydrogen-bond acceptors (Lipinski definition) is 10. The van der Waals surface area contributed by atoms with Crippen LogP contribution in [0.15, 0.2) is 76.6 Å². The SMILES string of the molecule is CCCCOc1ccc(/C(O)=C2\C(=O)C(=O)N(c3nnc(SCc4ccc(C)cc4)s3)C2c2ccc(OC)c(OC)c2)cc1. The third kappa shape index (κ3) is 6.58. The zero-order valence-corrected chi connectivity index (χ0v) is 26.5. The highest BCUT2D eigenvalue weighted by Crippen LogP contribution is 2.45. The van der Waals surface area contributed by atoms with E-state index in [4.69, 9.17) is 14.2 Å². The Hall–Kier alpha value is -4.35. The Morgan fingerprint density at radius 1 is 0.977 bits per heavy atom. The van der Waals surface area contributed by atoms with Crippen LogP contribution in [0.4, 0.5) is 5.13 Å². The van der Waals surface area contributed by atoms with Gasteiger partial charge in [-0.3, -0.25) is 14.5 Å². The molecular weight excluding hydrogens is 599 g/mol. The first-order valence-electron chi connectivity index (χ1n) is 14.1. The fourth-order valence-electron chi connectivity index (χ4n) is 4.75. The zero-order chi connectivity index (χ0) is 31.2. The van der Waals surface area contributed by atoms with Crippen LogP contribution in [-0.4, -0.2) is 47.8 Å². The molecule has 1 aliphatic heterocycles. The van der Waals surface area contributed by atoms with Gasteiger partial charge in [0.15, 0.2) is 15.8 Å². The smallest absolute Gasteiger partial charge is 0.301 e. The first kappa shape index (κ1) is 31.1. The van der Waals surface area contributed by atoms with E-state index in [2.05, 4.69) is 41.4 Å². The van der Waals surface area contributed by atoms with E-state index in [-0.39, 0.29) is 16.5 Å². The highest BCUT2D eigenvalue weighted by Gasteiger charge is 2.48. The lowest BCUT2D eigenvalue weighted by molar-refractivity contribution is -0.132.